The van der Waals surface area contributed by atoms with Crippen LogP contribution in [0.2, 0.25) is 0 Å². The van der Waals surface area contributed by atoms with E-state index in [-0.39, 0.29) is 12.3 Å². The Morgan fingerprint density at radius 1 is 1.06 bits per heavy atom. The Morgan fingerprint density at radius 2 is 1.83 bits per heavy atom. The van der Waals surface area contributed by atoms with Gasteiger partial charge in [-0.1, -0.05) is 37.3 Å². The van der Waals surface area contributed by atoms with Crippen LogP contribution in [0.5, 0.6) is 11.5 Å². The van der Waals surface area contributed by atoms with E-state index in [1.54, 1.807) is 13.2 Å². The number of anilines is 1. The number of primary amides is 1. The van der Waals surface area contributed by atoms with Gasteiger partial charge in [-0.25, -0.2) is 0 Å². The summed E-state index contributed by atoms with van der Waals surface area (Å²) in [7, 11) is 1.72. The molecule has 0 spiro atoms. The molecule has 1 aliphatic carbocycles. The van der Waals surface area contributed by atoms with Crippen molar-refractivity contribution >= 4 is 11.6 Å². The van der Waals surface area contributed by atoms with Gasteiger partial charge in [-0.2, -0.15) is 0 Å². The van der Waals surface area contributed by atoms with Crippen LogP contribution in [0.3, 0.4) is 0 Å². The fourth-order valence-electron chi connectivity index (χ4n) is 5.44. The number of amides is 1. The van der Waals surface area contributed by atoms with Crippen LogP contribution in [-0.2, 0) is 37.0 Å². The Labute approximate surface area is 208 Å². The van der Waals surface area contributed by atoms with Crippen LogP contribution in [0.1, 0.15) is 59.6 Å². The van der Waals surface area contributed by atoms with Gasteiger partial charge in [-0.15, -0.1) is 0 Å². The summed E-state index contributed by atoms with van der Waals surface area (Å²) in [4.78, 5) is 14.1. The van der Waals surface area contributed by atoms with Gasteiger partial charge >= 0.3 is 0 Å². The molecule has 1 atom stereocenters. The molecule has 3 N–H and O–H groups in total. The van der Waals surface area contributed by atoms with E-state index in [2.05, 4.69) is 43.0 Å². The summed E-state index contributed by atoms with van der Waals surface area (Å²) in [6.45, 7) is 5.89. The van der Waals surface area contributed by atoms with Gasteiger partial charge in [0, 0.05) is 24.8 Å². The molecule has 1 amide bonds. The van der Waals surface area contributed by atoms with E-state index in [1.165, 1.54) is 27.9 Å². The Bertz CT molecular complexity index is 1200. The number of carbonyl (C=O) groups excluding carboxylic acids is 1. The van der Waals surface area contributed by atoms with Crippen molar-refractivity contribution in [2.45, 2.75) is 58.4 Å². The summed E-state index contributed by atoms with van der Waals surface area (Å²) in [5.74, 6) is 1.28. The number of phenols is 1. The lowest BCUT2D eigenvalue weighted by atomic mass is 9.77. The molecule has 5 heteroatoms. The van der Waals surface area contributed by atoms with Crippen LogP contribution in [0.4, 0.5) is 5.69 Å². The van der Waals surface area contributed by atoms with Gasteiger partial charge in [0.25, 0.3) is 0 Å². The molecule has 0 saturated carbocycles. The van der Waals surface area contributed by atoms with Crippen molar-refractivity contribution in [2.75, 3.05) is 18.6 Å². The lowest BCUT2D eigenvalue weighted by Crippen LogP contribution is -2.27. The maximum Gasteiger partial charge on any atom is 0.221 e. The monoisotopic (exact) mass is 472 g/mol. The molecule has 0 saturated heterocycles. The molecule has 0 bridgehead atoms. The number of aryl methyl sites for hydroxylation is 2. The molecular formula is C30H36N2O3. The van der Waals surface area contributed by atoms with Crippen molar-refractivity contribution < 1.29 is 14.6 Å². The van der Waals surface area contributed by atoms with Gasteiger partial charge < -0.3 is 20.5 Å². The third-order valence-corrected chi connectivity index (χ3v) is 7.23. The molecule has 3 aromatic rings. The Hall–Kier alpha value is -3.47. The number of nitrogens with two attached hydrogens (primary N) is 1. The number of aromatic hydroxyl groups is 1. The third-order valence-electron chi connectivity index (χ3n) is 7.23. The predicted octanol–water partition coefficient (Wildman–Crippen LogP) is 5.29. The molecule has 0 fully saturated rings. The largest absolute Gasteiger partial charge is 0.508 e. The molecule has 0 radical (unpaired) electrons. The fourth-order valence-corrected chi connectivity index (χ4v) is 5.44. The standard InChI is InChI=1S/C30H36N2O3/c1-4-20-16-27(35-3)18-28(30(20)24-11-10-23-15-26(33)13-12-22(23)14-24)32(5-2)19-25-9-7-6-8-21(25)17-29(31)34/h6-9,12-13,15-16,18,24,33H,4-5,10-11,14,17,19H2,1-3H3,(H2,31,34)/t24-/m1/s1. The van der Waals surface area contributed by atoms with Gasteiger partial charge in [-0.3, -0.25) is 4.79 Å². The van der Waals surface area contributed by atoms with Gasteiger partial charge in [0.15, 0.2) is 0 Å². The SMILES string of the molecule is CCc1cc(OC)cc(N(CC)Cc2ccccc2CC(N)=O)c1[C@@H]1CCc2cc(O)ccc2C1. The number of methoxy groups -OCH3 is 1. The van der Waals surface area contributed by atoms with Crippen molar-refractivity contribution in [1.82, 2.24) is 0 Å². The molecular weight excluding hydrogens is 436 g/mol. The molecule has 0 aliphatic heterocycles. The highest BCUT2D eigenvalue weighted by molar-refractivity contribution is 5.77. The maximum absolute atomic E-state index is 11.7. The first-order valence-corrected chi connectivity index (χ1v) is 12.5. The summed E-state index contributed by atoms with van der Waals surface area (Å²) in [6, 6.07) is 18.2. The van der Waals surface area contributed by atoms with Gasteiger partial charge in [0.1, 0.15) is 11.5 Å². The third kappa shape index (κ3) is 5.45. The van der Waals surface area contributed by atoms with Gasteiger partial charge in [-0.05, 0) is 90.1 Å². The zero-order valence-electron chi connectivity index (χ0n) is 21.0. The Balaban J connectivity index is 1.76. The second kappa shape index (κ2) is 10.9. The van der Waals surface area contributed by atoms with Crippen molar-refractivity contribution in [1.29, 1.82) is 0 Å². The normalized spacial score (nSPS) is 14.9. The van der Waals surface area contributed by atoms with Gasteiger partial charge in [0.2, 0.25) is 5.91 Å². The minimum atomic E-state index is -0.317. The van der Waals surface area contributed by atoms with Crippen molar-refractivity contribution in [3.05, 3.63) is 88.0 Å². The molecule has 184 valence electrons. The number of rotatable bonds is 9. The van der Waals surface area contributed by atoms with Crippen molar-refractivity contribution in [3.63, 3.8) is 0 Å². The van der Waals surface area contributed by atoms with Crippen molar-refractivity contribution in [3.8, 4) is 11.5 Å². The highest BCUT2D eigenvalue weighted by Crippen LogP contribution is 2.42. The first-order valence-electron chi connectivity index (χ1n) is 12.5. The topological polar surface area (TPSA) is 75.8 Å². The van der Waals surface area contributed by atoms with Crippen molar-refractivity contribution in [2.24, 2.45) is 5.73 Å². The summed E-state index contributed by atoms with van der Waals surface area (Å²) in [5.41, 5.74) is 14.1. The van der Waals surface area contributed by atoms with E-state index in [0.29, 0.717) is 18.2 Å². The number of phenolic OH excluding ortho intramolecular Hbond substituents is 1. The highest BCUT2D eigenvalue weighted by Gasteiger charge is 2.27. The van der Waals surface area contributed by atoms with E-state index in [0.717, 1.165) is 49.1 Å². The number of fused-ring (bicyclic) bond motifs is 1. The smallest absolute Gasteiger partial charge is 0.221 e. The molecule has 3 aromatic carbocycles. The number of benzene rings is 3. The van der Waals surface area contributed by atoms with Crippen LogP contribution in [0.25, 0.3) is 0 Å². The molecule has 4 rings (SSSR count). The van der Waals surface area contributed by atoms with Crippen LogP contribution >= 0.6 is 0 Å². The number of hydrogen-bond acceptors (Lipinski definition) is 4. The second-order valence-corrected chi connectivity index (χ2v) is 9.39. The van der Waals surface area contributed by atoms with E-state index >= 15 is 0 Å². The summed E-state index contributed by atoms with van der Waals surface area (Å²) in [5, 5.41) is 9.93. The minimum Gasteiger partial charge on any atom is -0.508 e. The predicted molar refractivity (Wildman–Crippen MR) is 141 cm³/mol. The zero-order valence-corrected chi connectivity index (χ0v) is 21.0. The number of hydrogen-bond donors (Lipinski definition) is 2. The molecule has 35 heavy (non-hydrogen) atoms. The average Bonchev–Trinajstić information content (AvgIpc) is 2.86. The summed E-state index contributed by atoms with van der Waals surface area (Å²) in [6.07, 6.45) is 4.12. The van der Waals surface area contributed by atoms with Gasteiger partial charge in [0.05, 0.1) is 13.5 Å². The van der Waals surface area contributed by atoms with Crippen LogP contribution in [0, 0.1) is 0 Å². The Morgan fingerprint density at radius 3 is 2.51 bits per heavy atom. The van der Waals surface area contributed by atoms with E-state index in [4.69, 9.17) is 10.5 Å². The van der Waals surface area contributed by atoms with Crippen LogP contribution < -0.4 is 15.4 Å². The quantitative estimate of drug-likeness (QED) is 0.444. The van der Waals surface area contributed by atoms with Crippen LogP contribution in [-0.4, -0.2) is 24.7 Å². The molecule has 0 unspecified atom stereocenters. The average molecular weight is 473 g/mol. The number of ether oxygens (including phenoxy) is 1. The van der Waals surface area contributed by atoms with E-state index in [9.17, 15) is 9.90 Å². The lowest BCUT2D eigenvalue weighted by molar-refractivity contribution is -0.117. The summed E-state index contributed by atoms with van der Waals surface area (Å²) >= 11 is 0. The molecule has 5 nitrogen and oxygen atoms in total. The first-order chi connectivity index (χ1) is 16.9. The highest BCUT2D eigenvalue weighted by atomic mass is 16.5. The zero-order chi connectivity index (χ0) is 24.9. The van der Waals surface area contributed by atoms with E-state index < -0.39 is 0 Å². The van der Waals surface area contributed by atoms with Crippen LogP contribution in [0.15, 0.2) is 54.6 Å². The first kappa shape index (κ1) is 24.6. The lowest BCUT2D eigenvalue weighted by Gasteiger charge is -2.34. The minimum absolute atomic E-state index is 0.241. The Kier molecular flexibility index (Phi) is 7.64. The summed E-state index contributed by atoms with van der Waals surface area (Å²) < 4.78 is 5.71. The second-order valence-electron chi connectivity index (χ2n) is 9.39. The molecule has 0 heterocycles. The number of nitrogens with zero attached hydrogens (tertiary/aromatic N) is 1. The number of carbonyl (C=O) groups is 1. The molecule has 0 aromatic heterocycles. The molecule has 1 aliphatic rings. The maximum atomic E-state index is 11.7. The fraction of sp³-hybridized carbons (Fsp3) is 0.367. The van der Waals surface area contributed by atoms with E-state index in [1.807, 2.05) is 24.3 Å².